The molecule has 0 unspecified atom stereocenters. The van der Waals surface area contributed by atoms with E-state index in [9.17, 15) is 9.90 Å². The van der Waals surface area contributed by atoms with Crippen LogP contribution >= 0.6 is 11.6 Å². The van der Waals surface area contributed by atoms with Crippen molar-refractivity contribution in [2.24, 2.45) is 0 Å². The number of hydrogen-bond acceptors (Lipinski definition) is 4. The molecule has 0 bridgehead atoms. The first-order chi connectivity index (χ1) is 10.7. The van der Waals surface area contributed by atoms with Crippen molar-refractivity contribution >= 4 is 28.5 Å². The zero-order valence-electron chi connectivity index (χ0n) is 12.0. The Hall–Kier alpha value is -1.66. The summed E-state index contributed by atoms with van der Waals surface area (Å²) in [6, 6.07) is 1.54. The third-order valence-corrected chi connectivity index (χ3v) is 5.10. The van der Waals surface area contributed by atoms with E-state index in [0.717, 1.165) is 43.2 Å². The van der Waals surface area contributed by atoms with Crippen molar-refractivity contribution in [3.63, 3.8) is 0 Å². The van der Waals surface area contributed by atoms with Crippen molar-refractivity contribution in [1.82, 2.24) is 19.9 Å². The Morgan fingerprint density at radius 3 is 2.91 bits per heavy atom. The number of aromatic nitrogens is 3. The molecule has 22 heavy (non-hydrogen) atoms. The molecular formula is C15H17ClN4O2. The number of nitrogens with one attached hydrogen (secondary N) is 1. The summed E-state index contributed by atoms with van der Waals surface area (Å²) in [4.78, 5) is 21.2. The summed E-state index contributed by atoms with van der Waals surface area (Å²) in [7, 11) is 0. The van der Waals surface area contributed by atoms with Crippen molar-refractivity contribution in [2.75, 3.05) is 6.61 Å². The minimum absolute atomic E-state index is 0.0222. The summed E-state index contributed by atoms with van der Waals surface area (Å²) >= 11 is 5.97. The molecule has 2 N–H and O–H groups in total. The molecule has 1 aliphatic heterocycles. The van der Waals surface area contributed by atoms with Crippen molar-refractivity contribution < 1.29 is 9.90 Å². The number of aliphatic hydroxyl groups excluding tert-OH is 1. The van der Waals surface area contributed by atoms with Gasteiger partial charge in [0.05, 0.1) is 12.6 Å². The van der Waals surface area contributed by atoms with Crippen molar-refractivity contribution in [1.29, 1.82) is 0 Å². The van der Waals surface area contributed by atoms with E-state index in [1.165, 1.54) is 0 Å². The number of nitrogens with zero attached hydrogens (tertiary/aromatic N) is 3. The molecule has 4 rings (SSSR count). The van der Waals surface area contributed by atoms with Gasteiger partial charge in [0.15, 0.2) is 0 Å². The fraction of sp³-hybridized carbons (Fsp3) is 0.533. The number of aliphatic hydroxyl groups is 1. The standard InChI is InChI=1S/C15H17ClN4O2/c16-14-17-7-9-6-11-10(8-21)18-13(22)15(4-2-1-3-5-15)20(11)12(9)19-14/h6-7,10,21H,1-5,8H2,(H,18,22)/t10-/m0/s1. The molecule has 0 radical (unpaired) electrons. The molecule has 7 heteroatoms. The molecule has 2 aromatic rings. The van der Waals surface area contributed by atoms with Crippen LogP contribution in [0.4, 0.5) is 0 Å². The third kappa shape index (κ3) is 1.80. The van der Waals surface area contributed by atoms with Gasteiger partial charge in [-0.15, -0.1) is 0 Å². The summed E-state index contributed by atoms with van der Waals surface area (Å²) in [5.74, 6) is -0.0222. The van der Waals surface area contributed by atoms with Crippen LogP contribution in [-0.2, 0) is 10.3 Å². The average molecular weight is 321 g/mol. The van der Waals surface area contributed by atoms with Gasteiger partial charge in [-0.1, -0.05) is 19.3 Å². The van der Waals surface area contributed by atoms with E-state index in [1.54, 1.807) is 6.20 Å². The van der Waals surface area contributed by atoms with E-state index in [4.69, 9.17) is 11.6 Å². The largest absolute Gasteiger partial charge is 0.394 e. The van der Waals surface area contributed by atoms with Crippen LogP contribution < -0.4 is 5.32 Å². The van der Waals surface area contributed by atoms with Gasteiger partial charge in [0.25, 0.3) is 0 Å². The highest BCUT2D eigenvalue weighted by atomic mass is 35.5. The summed E-state index contributed by atoms with van der Waals surface area (Å²) in [6.45, 7) is -0.140. The van der Waals surface area contributed by atoms with Crippen molar-refractivity contribution in [2.45, 2.75) is 43.7 Å². The number of rotatable bonds is 1. The molecule has 1 atom stereocenters. The molecule has 0 saturated heterocycles. The second-order valence-corrected chi connectivity index (χ2v) is 6.46. The number of carbonyl (C=O) groups is 1. The molecule has 1 fully saturated rings. The predicted molar refractivity (Wildman–Crippen MR) is 81.6 cm³/mol. The molecule has 1 aliphatic carbocycles. The van der Waals surface area contributed by atoms with Gasteiger partial charge in [-0.25, -0.2) is 4.98 Å². The second kappa shape index (κ2) is 4.93. The number of halogens is 1. The maximum absolute atomic E-state index is 12.8. The Balaban J connectivity index is 2.02. The Morgan fingerprint density at radius 1 is 1.41 bits per heavy atom. The highest BCUT2D eigenvalue weighted by molar-refractivity contribution is 6.28. The van der Waals surface area contributed by atoms with Gasteiger partial charge in [-0.2, -0.15) is 4.98 Å². The van der Waals surface area contributed by atoms with Crippen LogP contribution in [0, 0.1) is 0 Å². The van der Waals surface area contributed by atoms with Crippen LogP contribution in [0.2, 0.25) is 5.28 Å². The molecule has 3 heterocycles. The van der Waals surface area contributed by atoms with Gasteiger partial charge >= 0.3 is 0 Å². The molecule has 0 aromatic carbocycles. The first-order valence-corrected chi connectivity index (χ1v) is 8.00. The van der Waals surface area contributed by atoms with Gasteiger partial charge in [0, 0.05) is 17.3 Å². The molecular weight excluding hydrogens is 304 g/mol. The van der Waals surface area contributed by atoms with Gasteiger partial charge in [0.1, 0.15) is 11.2 Å². The fourth-order valence-electron chi connectivity index (χ4n) is 3.89. The Labute approximate surface area is 132 Å². The summed E-state index contributed by atoms with van der Waals surface area (Å²) in [5, 5.41) is 13.6. The van der Waals surface area contributed by atoms with Gasteiger partial charge in [-0.05, 0) is 30.5 Å². The van der Waals surface area contributed by atoms with Gasteiger partial charge in [-0.3, -0.25) is 4.79 Å². The van der Waals surface area contributed by atoms with Crippen LogP contribution in [0.25, 0.3) is 11.0 Å². The average Bonchev–Trinajstić information content (AvgIpc) is 2.91. The maximum Gasteiger partial charge on any atom is 0.246 e. The maximum atomic E-state index is 12.8. The highest BCUT2D eigenvalue weighted by Crippen LogP contribution is 2.43. The summed E-state index contributed by atoms with van der Waals surface area (Å²) < 4.78 is 2.01. The molecule has 116 valence electrons. The fourth-order valence-corrected chi connectivity index (χ4v) is 4.02. The Kier molecular flexibility index (Phi) is 3.13. The van der Waals surface area contributed by atoms with Crippen LogP contribution in [0.5, 0.6) is 0 Å². The van der Waals surface area contributed by atoms with E-state index in [-0.39, 0.29) is 17.8 Å². The number of amides is 1. The molecule has 6 nitrogen and oxygen atoms in total. The molecule has 2 aliphatic rings. The SMILES string of the molecule is O=C1N[C@@H](CO)c2cc3cnc(Cl)nc3n2C12CCCCC2. The van der Waals surface area contributed by atoms with Crippen LogP contribution in [0.15, 0.2) is 12.3 Å². The molecule has 1 amide bonds. The summed E-state index contributed by atoms with van der Waals surface area (Å²) in [5.41, 5.74) is 0.958. The van der Waals surface area contributed by atoms with E-state index in [2.05, 4.69) is 15.3 Å². The topological polar surface area (TPSA) is 80.0 Å². The molecule has 1 saturated carbocycles. The number of carbonyl (C=O) groups excluding carboxylic acids is 1. The van der Waals surface area contributed by atoms with Crippen LogP contribution in [-0.4, -0.2) is 32.2 Å². The van der Waals surface area contributed by atoms with Gasteiger partial charge < -0.3 is 15.0 Å². The lowest BCUT2D eigenvalue weighted by Gasteiger charge is -2.44. The summed E-state index contributed by atoms with van der Waals surface area (Å²) in [6.07, 6.45) is 6.41. The molecule has 1 spiro atoms. The van der Waals surface area contributed by atoms with Crippen molar-refractivity contribution in [3.8, 4) is 0 Å². The smallest absolute Gasteiger partial charge is 0.246 e. The third-order valence-electron chi connectivity index (χ3n) is 4.92. The van der Waals surface area contributed by atoms with Gasteiger partial charge in [0.2, 0.25) is 11.2 Å². The lowest BCUT2D eigenvalue weighted by atomic mass is 9.79. The first kappa shape index (κ1) is 14.0. The molecule has 2 aromatic heterocycles. The van der Waals surface area contributed by atoms with Crippen molar-refractivity contribution in [3.05, 3.63) is 23.2 Å². The quantitative estimate of drug-likeness (QED) is 0.787. The normalized spacial score (nSPS) is 23.5. The van der Waals surface area contributed by atoms with E-state index in [0.29, 0.717) is 5.65 Å². The number of hydrogen-bond donors (Lipinski definition) is 2. The second-order valence-electron chi connectivity index (χ2n) is 6.12. The monoisotopic (exact) mass is 320 g/mol. The number of fused-ring (bicyclic) bond motifs is 4. The van der Waals surface area contributed by atoms with E-state index >= 15 is 0 Å². The Bertz CT molecular complexity index is 751. The zero-order valence-corrected chi connectivity index (χ0v) is 12.8. The van der Waals surface area contributed by atoms with E-state index in [1.807, 2.05) is 10.6 Å². The lowest BCUT2D eigenvalue weighted by Crippen LogP contribution is -2.56. The van der Waals surface area contributed by atoms with Crippen LogP contribution in [0.3, 0.4) is 0 Å². The first-order valence-electron chi connectivity index (χ1n) is 7.62. The lowest BCUT2D eigenvalue weighted by molar-refractivity contribution is -0.134. The minimum atomic E-state index is -0.612. The highest BCUT2D eigenvalue weighted by Gasteiger charge is 2.48. The van der Waals surface area contributed by atoms with Crippen LogP contribution in [0.1, 0.15) is 43.8 Å². The predicted octanol–water partition coefficient (Wildman–Crippen LogP) is 1.91. The zero-order chi connectivity index (χ0) is 15.3. The minimum Gasteiger partial charge on any atom is -0.394 e. The Morgan fingerprint density at radius 2 is 2.18 bits per heavy atom. The van der Waals surface area contributed by atoms with E-state index < -0.39 is 11.6 Å².